The van der Waals surface area contributed by atoms with Crippen LogP contribution in [0.3, 0.4) is 0 Å². The van der Waals surface area contributed by atoms with Crippen molar-refractivity contribution in [1.29, 1.82) is 0 Å². The molecule has 260 valence electrons. The fourth-order valence-electron chi connectivity index (χ4n) is 6.49. The summed E-state index contributed by atoms with van der Waals surface area (Å²) >= 11 is 3.24. The lowest BCUT2D eigenvalue weighted by Crippen LogP contribution is -2.64. The number of hydrogen-bond acceptors (Lipinski definition) is 6. The summed E-state index contributed by atoms with van der Waals surface area (Å²) in [6.07, 6.45) is 1.22. The SMILES string of the molecule is CCCN(Cc1ccc(Sc2ccccc2)cc1)C(=O)C1C(C(=O)O)C(C(=O)O)C1C(=O)N(CCC)Cc1ccc(Sc2ccccc2)cc1. The summed E-state index contributed by atoms with van der Waals surface area (Å²) in [6, 6.07) is 35.6. The monoisotopic (exact) mass is 710 g/mol. The van der Waals surface area contributed by atoms with Crippen LogP contribution in [0.4, 0.5) is 0 Å². The molecular formula is C40H42N2O6S2. The molecule has 1 aliphatic rings. The molecule has 0 aliphatic heterocycles. The molecule has 0 saturated heterocycles. The van der Waals surface area contributed by atoms with Gasteiger partial charge >= 0.3 is 11.9 Å². The van der Waals surface area contributed by atoms with E-state index in [-0.39, 0.29) is 13.1 Å². The van der Waals surface area contributed by atoms with Gasteiger partial charge < -0.3 is 20.0 Å². The van der Waals surface area contributed by atoms with Crippen molar-refractivity contribution in [3.8, 4) is 0 Å². The average molecular weight is 711 g/mol. The molecule has 5 rings (SSSR count). The van der Waals surface area contributed by atoms with E-state index in [0.29, 0.717) is 25.9 Å². The lowest BCUT2D eigenvalue weighted by Gasteiger charge is -2.48. The molecule has 1 saturated carbocycles. The van der Waals surface area contributed by atoms with Crippen molar-refractivity contribution >= 4 is 47.3 Å². The minimum absolute atomic E-state index is 0.219. The van der Waals surface area contributed by atoms with E-state index >= 15 is 0 Å². The van der Waals surface area contributed by atoms with Crippen molar-refractivity contribution in [3.05, 3.63) is 120 Å². The third-order valence-electron chi connectivity index (χ3n) is 8.85. The van der Waals surface area contributed by atoms with Crippen LogP contribution in [0.5, 0.6) is 0 Å². The van der Waals surface area contributed by atoms with Gasteiger partial charge in [0.25, 0.3) is 0 Å². The van der Waals surface area contributed by atoms with Gasteiger partial charge in [-0.3, -0.25) is 19.2 Å². The van der Waals surface area contributed by atoms with Gasteiger partial charge in [-0.25, -0.2) is 0 Å². The number of nitrogens with zero attached hydrogens (tertiary/aromatic N) is 2. The molecule has 10 heteroatoms. The van der Waals surface area contributed by atoms with Gasteiger partial charge in [0.05, 0.1) is 23.7 Å². The molecule has 0 bridgehead atoms. The van der Waals surface area contributed by atoms with E-state index in [4.69, 9.17) is 0 Å². The standard InChI is InChI=1S/C40H42N2O6S2/c1-3-23-41(25-27-15-19-31(20-16-27)49-29-11-7-5-8-12-29)37(43)33-34(36(40(47)48)35(33)39(45)46)38(44)42(24-4-2)26-28-17-21-32(22-18-28)50-30-13-9-6-10-14-30/h5-22,33-36H,3-4,23-26H2,1-2H3,(H,45,46)(H,47,48). The number of amides is 2. The smallest absolute Gasteiger partial charge is 0.308 e. The first-order chi connectivity index (χ1) is 24.2. The van der Waals surface area contributed by atoms with Gasteiger partial charge in [0.1, 0.15) is 0 Å². The summed E-state index contributed by atoms with van der Waals surface area (Å²) in [5.41, 5.74) is 1.71. The zero-order valence-corrected chi connectivity index (χ0v) is 29.8. The fraction of sp³-hybridized carbons (Fsp3) is 0.300. The topological polar surface area (TPSA) is 115 Å². The number of aliphatic carboxylic acids is 2. The lowest BCUT2D eigenvalue weighted by atomic mass is 9.55. The van der Waals surface area contributed by atoms with Crippen molar-refractivity contribution in [2.45, 2.75) is 59.4 Å². The number of carbonyl (C=O) groups excluding carboxylic acids is 2. The van der Waals surface area contributed by atoms with Gasteiger partial charge in [-0.2, -0.15) is 0 Å². The lowest BCUT2D eigenvalue weighted by molar-refractivity contribution is -0.187. The van der Waals surface area contributed by atoms with E-state index in [1.807, 2.05) is 123 Å². The maximum absolute atomic E-state index is 14.2. The van der Waals surface area contributed by atoms with Gasteiger partial charge in [-0.05, 0) is 72.5 Å². The first-order valence-electron chi connectivity index (χ1n) is 16.9. The molecule has 4 aromatic rings. The Morgan fingerprint density at radius 3 is 1.12 bits per heavy atom. The zero-order chi connectivity index (χ0) is 35.6. The molecule has 0 radical (unpaired) electrons. The fourth-order valence-corrected chi connectivity index (χ4v) is 8.16. The first-order valence-corrected chi connectivity index (χ1v) is 18.5. The van der Waals surface area contributed by atoms with Crippen molar-refractivity contribution in [2.75, 3.05) is 13.1 Å². The van der Waals surface area contributed by atoms with Crippen LogP contribution >= 0.6 is 23.5 Å². The second-order valence-electron chi connectivity index (χ2n) is 12.4. The van der Waals surface area contributed by atoms with Crippen LogP contribution in [0.2, 0.25) is 0 Å². The highest BCUT2D eigenvalue weighted by Crippen LogP contribution is 2.49. The Hall–Kier alpha value is -4.54. The molecule has 8 nitrogen and oxygen atoms in total. The highest BCUT2D eigenvalue weighted by Gasteiger charge is 2.64. The van der Waals surface area contributed by atoms with Crippen LogP contribution in [-0.2, 0) is 32.3 Å². The van der Waals surface area contributed by atoms with Gasteiger partial charge in [0.2, 0.25) is 11.8 Å². The maximum atomic E-state index is 14.2. The molecule has 0 aromatic heterocycles. The van der Waals surface area contributed by atoms with Crippen LogP contribution in [0.25, 0.3) is 0 Å². The number of carboxylic acid groups (broad SMARTS) is 2. The Balaban J connectivity index is 1.35. The minimum Gasteiger partial charge on any atom is -0.481 e. The number of benzene rings is 4. The highest BCUT2D eigenvalue weighted by atomic mass is 32.2. The highest BCUT2D eigenvalue weighted by molar-refractivity contribution is 7.99. The summed E-state index contributed by atoms with van der Waals surface area (Å²) < 4.78 is 0. The molecule has 1 aliphatic carbocycles. The maximum Gasteiger partial charge on any atom is 0.308 e. The molecule has 4 aromatic carbocycles. The molecule has 0 spiro atoms. The van der Waals surface area contributed by atoms with Crippen molar-refractivity contribution in [3.63, 3.8) is 0 Å². The average Bonchev–Trinajstić information content (AvgIpc) is 3.09. The zero-order valence-electron chi connectivity index (χ0n) is 28.2. The van der Waals surface area contributed by atoms with Gasteiger partial charge in [-0.15, -0.1) is 0 Å². The predicted octanol–water partition coefficient (Wildman–Crippen LogP) is 7.81. The van der Waals surface area contributed by atoms with Gasteiger partial charge in [0, 0.05) is 45.8 Å². The Morgan fingerprint density at radius 1 is 0.500 bits per heavy atom. The van der Waals surface area contributed by atoms with Crippen molar-refractivity contribution in [1.82, 2.24) is 9.80 Å². The Morgan fingerprint density at radius 2 is 0.820 bits per heavy atom. The molecular weight excluding hydrogens is 669 g/mol. The molecule has 2 amide bonds. The summed E-state index contributed by atoms with van der Waals surface area (Å²) in [5, 5.41) is 20.3. The first kappa shape index (κ1) is 36.7. The van der Waals surface area contributed by atoms with Gasteiger partial charge in [0.15, 0.2) is 0 Å². The number of carbonyl (C=O) groups is 4. The van der Waals surface area contributed by atoms with Crippen LogP contribution in [0.15, 0.2) is 129 Å². The third kappa shape index (κ3) is 8.97. The molecule has 50 heavy (non-hydrogen) atoms. The summed E-state index contributed by atoms with van der Waals surface area (Å²) in [5.74, 6) is -9.35. The van der Waals surface area contributed by atoms with E-state index in [0.717, 1.165) is 30.7 Å². The number of rotatable bonds is 16. The number of hydrogen-bond donors (Lipinski definition) is 2. The van der Waals surface area contributed by atoms with E-state index in [1.54, 1.807) is 33.3 Å². The van der Waals surface area contributed by atoms with Crippen molar-refractivity contribution < 1.29 is 29.4 Å². The normalized spacial score (nSPS) is 18.1. The molecule has 4 atom stereocenters. The minimum atomic E-state index is -1.50. The van der Waals surface area contributed by atoms with E-state index in [9.17, 15) is 29.4 Å². The second kappa shape index (κ2) is 17.4. The molecule has 2 N–H and O–H groups in total. The Labute approximate surface area is 301 Å². The van der Waals surface area contributed by atoms with Crippen LogP contribution in [-0.4, -0.2) is 56.9 Å². The Kier molecular flexibility index (Phi) is 12.8. The number of carboxylic acids is 2. The quantitative estimate of drug-likeness (QED) is 0.121. The largest absolute Gasteiger partial charge is 0.481 e. The Bertz CT molecular complexity index is 1620. The van der Waals surface area contributed by atoms with E-state index < -0.39 is 47.4 Å². The summed E-state index contributed by atoms with van der Waals surface area (Å²) in [4.78, 5) is 60.9. The second-order valence-corrected chi connectivity index (χ2v) is 14.7. The molecule has 1 fully saturated rings. The third-order valence-corrected chi connectivity index (χ3v) is 10.9. The van der Waals surface area contributed by atoms with Crippen LogP contribution in [0, 0.1) is 23.7 Å². The van der Waals surface area contributed by atoms with Crippen LogP contribution < -0.4 is 0 Å². The van der Waals surface area contributed by atoms with Crippen molar-refractivity contribution in [2.24, 2.45) is 23.7 Å². The van der Waals surface area contributed by atoms with E-state index in [2.05, 4.69) is 0 Å². The van der Waals surface area contributed by atoms with E-state index in [1.165, 1.54) is 0 Å². The predicted molar refractivity (Wildman–Crippen MR) is 195 cm³/mol. The molecule has 4 unspecified atom stereocenters. The summed E-state index contributed by atoms with van der Waals surface area (Å²) in [7, 11) is 0. The molecule has 0 heterocycles. The summed E-state index contributed by atoms with van der Waals surface area (Å²) in [6.45, 7) is 4.96. The van der Waals surface area contributed by atoms with Crippen LogP contribution in [0.1, 0.15) is 37.8 Å². The van der Waals surface area contributed by atoms with Gasteiger partial charge in [-0.1, -0.05) is 98.0 Å².